The van der Waals surface area contributed by atoms with Gasteiger partial charge in [-0.15, -0.1) is 0 Å². The van der Waals surface area contributed by atoms with E-state index in [1.54, 1.807) is 0 Å². The van der Waals surface area contributed by atoms with Crippen LogP contribution in [0.1, 0.15) is 18.9 Å². The molecule has 43 heavy (non-hydrogen) atoms. The van der Waals surface area contributed by atoms with Crippen molar-refractivity contribution in [2.75, 3.05) is 24.6 Å². The molecule has 23 heteroatoms. The number of phosphoric ester groups is 1. The SMILES string of the molecule is Nc1ncnc2c1ncn2C1CC2OP(=O)(O)OCC3OC(n4cnc5c(N)ncnc54)C(OS(=O)(=O)NCC2O1)C3F. The molecular formula is C20H23FN11O9PS. The molecule has 8 unspecified atom stereocenters. The maximum Gasteiger partial charge on any atom is 0.472 e. The molecule has 6 N–H and O–H groups in total. The summed E-state index contributed by atoms with van der Waals surface area (Å²) < 4.78 is 87.2. The third-order valence-corrected chi connectivity index (χ3v) is 9.18. The van der Waals surface area contributed by atoms with Crippen molar-refractivity contribution in [2.24, 2.45) is 0 Å². The molecule has 0 saturated carbocycles. The number of halogens is 1. The zero-order valence-corrected chi connectivity index (χ0v) is 23.4. The third kappa shape index (κ3) is 5.09. The van der Waals surface area contributed by atoms with Crippen LogP contribution in [0.5, 0.6) is 0 Å². The quantitative estimate of drug-likeness (QED) is 0.192. The van der Waals surface area contributed by atoms with Crippen molar-refractivity contribution < 1.29 is 45.0 Å². The van der Waals surface area contributed by atoms with Crippen LogP contribution in [-0.4, -0.2) is 96.1 Å². The summed E-state index contributed by atoms with van der Waals surface area (Å²) in [5, 5.41) is 0. The van der Waals surface area contributed by atoms with Crippen LogP contribution in [0, 0.1) is 0 Å². The summed E-state index contributed by atoms with van der Waals surface area (Å²) in [5.41, 5.74) is 12.6. The summed E-state index contributed by atoms with van der Waals surface area (Å²) >= 11 is 0. The number of imidazole rings is 2. The molecule has 0 aliphatic carbocycles. The van der Waals surface area contributed by atoms with E-state index in [-0.39, 0.29) is 29.2 Å². The van der Waals surface area contributed by atoms with E-state index in [0.29, 0.717) is 11.2 Å². The van der Waals surface area contributed by atoms with Gasteiger partial charge >= 0.3 is 18.1 Å². The zero-order valence-electron chi connectivity index (χ0n) is 21.7. The van der Waals surface area contributed by atoms with E-state index >= 15 is 4.39 Å². The molecule has 3 aliphatic heterocycles. The molecule has 7 rings (SSSR count). The molecule has 0 spiro atoms. The predicted molar refractivity (Wildman–Crippen MR) is 139 cm³/mol. The topological polar surface area (TPSA) is 269 Å². The van der Waals surface area contributed by atoms with Crippen LogP contribution in [-0.2, 0) is 37.6 Å². The van der Waals surface area contributed by atoms with Gasteiger partial charge in [0.15, 0.2) is 41.4 Å². The normalized spacial score (nSPS) is 34.9. The van der Waals surface area contributed by atoms with Gasteiger partial charge in [-0.05, 0) is 0 Å². The highest BCUT2D eigenvalue weighted by molar-refractivity contribution is 7.84. The number of nitrogens with one attached hydrogen (secondary N) is 1. The number of phosphoric acid groups is 1. The highest BCUT2D eigenvalue weighted by Crippen LogP contribution is 2.50. The molecule has 0 amide bonds. The number of nitrogens with zero attached hydrogens (tertiary/aromatic N) is 8. The van der Waals surface area contributed by atoms with Crippen LogP contribution in [0.4, 0.5) is 16.0 Å². The molecule has 2 bridgehead atoms. The second-order valence-corrected chi connectivity index (χ2v) is 12.6. The minimum atomic E-state index is -4.87. The highest BCUT2D eigenvalue weighted by atomic mass is 32.2. The van der Waals surface area contributed by atoms with Crippen LogP contribution in [0.15, 0.2) is 25.3 Å². The van der Waals surface area contributed by atoms with E-state index in [4.69, 9.17) is 34.2 Å². The van der Waals surface area contributed by atoms with Gasteiger partial charge in [-0.1, -0.05) is 0 Å². The monoisotopic (exact) mass is 643 g/mol. The van der Waals surface area contributed by atoms with Gasteiger partial charge in [0.05, 0.1) is 19.3 Å². The molecule has 230 valence electrons. The van der Waals surface area contributed by atoms with Gasteiger partial charge < -0.3 is 25.8 Å². The van der Waals surface area contributed by atoms with Crippen molar-refractivity contribution in [3.63, 3.8) is 0 Å². The smallest absolute Gasteiger partial charge is 0.382 e. The number of nitrogen functional groups attached to an aromatic ring is 2. The molecule has 0 aromatic carbocycles. The Bertz CT molecular complexity index is 1860. The van der Waals surface area contributed by atoms with Gasteiger partial charge in [0.25, 0.3) is 0 Å². The second-order valence-electron chi connectivity index (χ2n) is 9.81. The first-order valence-corrected chi connectivity index (χ1v) is 15.5. The average Bonchev–Trinajstić information content (AvgIpc) is 3.72. The van der Waals surface area contributed by atoms with Crippen molar-refractivity contribution >= 4 is 52.1 Å². The second kappa shape index (κ2) is 10.3. The number of anilines is 2. The number of alkyl halides is 1. The maximum absolute atomic E-state index is 15.7. The largest absolute Gasteiger partial charge is 0.472 e. The predicted octanol–water partition coefficient (Wildman–Crippen LogP) is -0.911. The number of nitrogens with two attached hydrogens (primary N) is 2. The Morgan fingerprint density at radius 1 is 0.953 bits per heavy atom. The molecule has 3 saturated heterocycles. The first kappa shape index (κ1) is 28.3. The standard InChI is InChI=1S/C20H23FN11O9PS/c21-12-10-3-37-42(33,34)40-8-1-11(31-6-28-13-16(22)24-4-26-18(13)31)38-9(8)2-30-43(35,36)41-15(12)20(39-10)32-7-29-14-17(23)25-5-27-19(14)32/h4-12,15,20,30H,1-3H2,(H,33,34)(H2,22,24,26)(H2,23,25,27). The fourth-order valence-corrected chi connectivity index (χ4v) is 7.08. The van der Waals surface area contributed by atoms with Crippen molar-refractivity contribution in [3.05, 3.63) is 25.3 Å². The Labute approximate surface area is 240 Å². The summed E-state index contributed by atoms with van der Waals surface area (Å²) in [7, 11) is -9.55. The van der Waals surface area contributed by atoms with Gasteiger partial charge in [0.2, 0.25) is 0 Å². The molecule has 7 heterocycles. The number of aromatic nitrogens is 8. The molecule has 20 nitrogen and oxygen atoms in total. The Morgan fingerprint density at radius 2 is 1.60 bits per heavy atom. The van der Waals surface area contributed by atoms with E-state index in [9.17, 15) is 17.9 Å². The number of rotatable bonds is 2. The number of hydrogen-bond acceptors (Lipinski definition) is 16. The van der Waals surface area contributed by atoms with Gasteiger partial charge in [-0.2, -0.15) is 13.1 Å². The Hall–Kier alpha value is -3.47. The van der Waals surface area contributed by atoms with Crippen molar-refractivity contribution in [2.45, 2.75) is 49.5 Å². The first-order chi connectivity index (χ1) is 20.5. The molecule has 3 fully saturated rings. The Balaban J connectivity index is 1.18. The van der Waals surface area contributed by atoms with Crippen LogP contribution < -0.4 is 16.2 Å². The summed E-state index contributed by atoms with van der Waals surface area (Å²) in [4.78, 5) is 34.8. The van der Waals surface area contributed by atoms with Crippen LogP contribution in [0.2, 0.25) is 0 Å². The van der Waals surface area contributed by atoms with Gasteiger partial charge in [0, 0.05) is 13.0 Å². The fourth-order valence-electron chi connectivity index (χ4n) is 5.19. The van der Waals surface area contributed by atoms with Crippen LogP contribution in [0.25, 0.3) is 22.3 Å². The van der Waals surface area contributed by atoms with Crippen molar-refractivity contribution in [1.29, 1.82) is 0 Å². The lowest BCUT2D eigenvalue weighted by Crippen LogP contribution is -2.42. The van der Waals surface area contributed by atoms with E-state index < -0.39 is 74.3 Å². The molecule has 0 radical (unpaired) electrons. The number of hydrogen-bond donors (Lipinski definition) is 4. The molecule has 4 aromatic heterocycles. The van der Waals surface area contributed by atoms with Gasteiger partial charge in [-0.3, -0.25) is 18.2 Å². The van der Waals surface area contributed by atoms with Crippen LogP contribution >= 0.6 is 7.82 Å². The van der Waals surface area contributed by atoms with Crippen molar-refractivity contribution in [3.8, 4) is 0 Å². The van der Waals surface area contributed by atoms with Crippen molar-refractivity contribution in [1.82, 2.24) is 43.8 Å². The number of fused-ring (bicyclic) bond motifs is 5. The third-order valence-electron chi connectivity index (χ3n) is 7.17. The van der Waals surface area contributed by atoms with Gasteiger partial charge in [-0.25, -0.2) is 43.0 Å². The van der Waals surface area contributed by atoms with Crippen LogP contribution in [0.3, 0.4) is 0 Å². The Kier molecular flexibility index (Phi) is 6.79. The summed E-state index contributed by atoms with van der Waals surface area (Å²) in [5.74, 6) is 0.148. The minimum Gasteiger partial charge on any atom is -0.382 e. The minimum absolute atomic E-state index is 0.0229. The molecule has 8 atom stereocenters. The van der Waals surface area contributed by atoms with E-state index in [2.05, 4.69) is 34.6 Å². The lowest BCUT2D eigenvalue weighted by molar-refractivity contribution is -0.0505. The molecule has 4 aromatic rings. The summed E-state index contributed by atoms with van der Waals surface area (Å²) in [6.45, 7) is -1.30. The average molecular weight is 644 g/mol. The van der Waals surface area contributed by atoms with E-state index in [1.807, 2.05) is 0 Å². The maximum atomic E-state index is 15.7. The van der Waals surface area contributed by atoms with Gasteiger partial charge in [0.1, 0.15) is 48.2 Å². The zero-order chi connectivity index (χ0) is 30.1. The van der Waals surface area contributed by atoms with E-state index in [1.165, 1.54) is 28.1 Å². The number of ether oxygens (including phenoxy) is 2. The highest BCUT2D eigenvalue weighted by Gasteiger charge is 2.52. The van der Waals surface area contributed by atoms with E-state index in [0.717, 1.165) is 6.33 Å². The summed E-state index contributed by atoms with van der Waals surface area (Å²) in [6.07, 6.45) is -5.23. The lowest BCUT2D eigenvalue weighted by Gasteiger charge is -2.23. The fraction of sp³-hybridized carbons (Fsp3) is 0.500. The Morgan fingerprint density at radius 3 is 2.30 bits per heavy atom. The molecular weight excluding hydrogens is 620 g/mol. The lowest BCUT2D eigenvalue weighted by atomic mass is 10.1. The molecule has 3 aliphatic rings. The first-order valence-electron chi connectivity index (χ1n) is 12.6. The summed E-state index contributed by atoms with van der Waals surface area (Å²) in [6, 6.07) is 0.